The summed E-state index contributed by atoms with van der Waals surface area (Å²) in [7, 11) is 2.92. The van der Waals surface area contributed by atoms with E-state index in [-0.39, 0.29) is 0 Å². The van der Waals surface area contributed by atoms with Crippen molar-refractivity contribution < 1.29 is 31.1 Å². The van der Waals surface area contributed by atoms with E-state index in [0.717, 1.165) is 6.34 Å². The molecule has 0 amide bonds. The molecule has 14 heteroatoms. The van der Waals surface area contributed by atoms with E-state index in [1.54, 1.807) is 0 Å². The van der Waals surface area contributed by atoms with Crippen LogP contribution in [0.1, 0.15) is 21.6 Å². The third-order valence-electron chi connectivity index (χ3n) is 3.21. The number of halogens is 7. The summed E-state index contributed by atoms with van der Waals surface area (Å²) in [6.45, 7) is 0. The van der Waals surface area contributed by atoms with Gasteiger partial charge in [0.2, 0.25) is 0 Å². The van der Waals surface area contributed by atoms with Gasteiger partial charge in [0.1, 0.15) is 11.6 Å². The van der Waals surface area contributed by atoms with Gasteiger partial charge in [-0.1, -0.05) is 11.6 Å². The van der Waals surface area contributed by atoms with Gasteiger partial charge in [-0.15, -0.1) is 0 Å². The molecule has 0 atom stereocenters. The molecule has 0 aromatic carbocycles. The molecule has 2 aromatic heterocycles. The van der Waals surface area contributed by atoms with E-state index in [2.05, 4.69) is 15.1 Å². The standard InChI is InChI=1S/C15H9ClF6N6O/c1-27(2)6-25-13-10(11(29)15(20,21)22)9(4-23)26-28(13)12-8(16)3-7(5-24-12)14(17,18)19/h3,5-6H,1-2H3. The van der Waals surface area contributed by atoms with Crippen molar-refractivity contribution in [2.75, 3.05) is 14.1 Å². The van der Waals surface area contributed by atoms with Crippen LogP contribution in [0.15, 0.2) is 17.3 Å². The fourth-order valence-electron chi connectivity index (χ4n) is 2.02. The zero-order chi connectivity index (χ0) is 22.1. The van der Waals surface area contributed by atoms with E-state index in [9.17, 15) is 31.1 Å². The quantitative estimate of drug-likeness (QED) is 0.314. The predicted octanol–water partition coefficient (Wildman–Crippen LogP) is 3.78. The van der Waals surface area contributed by atoms with Gasteiger partial charge in [0, 0.05) is 20.3 Å². The SMILES string of the molecule is CN(C)C=Nc1c(C(=O)C(F)(F)F)c(C#N)nn1-c1ncc(C(F)(F)F)cc1Cl. The monoisotopic (exact) mass is 438 g/mol. The number of ketones is 1. The highest BCUT2D eigenvalue weighted by Crippen LogP contribution is 2.35. The number of carbonyl (C=O) groups is 1. The van der Waals surface area contributed by atoms with Gasteiger partial charge in [-0.2, -0.15) is 41.4 Å². The highest BCUT2D eigenvalue weighted by Gasteiger charge is 2.44. The minimum Gasteiger partial charge on any atom is -0.369 e. The first-order valence-electron chi connectivity index (χ1n) is 7.35. The maximum absolute atomic E-state index is 13.0. The number of alkyl halides is 6. The first-order chi connectivity index (χ1) is 13.3. The Labute approximate surface area is 163 Å². The molecule has 0 N–H and O–H groups in total. The zero-order valence-electron chi connectivity index (χ0n) is 14.5. The molecule has 0 aliphatic rings. The molecule has 0 aliphatic carbocycles. The number of aromatic nitrogens is 3. The van der Waals surface area contributed by atoms with E-state index < -0.39 is 51.6 Å². The van der Waals surface area contributed by atoms with E-state index in [1.807, 2.05) is 0 Å². The first-order valence-corrected chi connectivity index (χ1v) is 7.73. The number of pyridine rings is 1. The molecule has 2 rings (SSSR count). The number of nitriles is 1. The molecule has 0 radical (unpaired) electrons. The van der Waals surface area contributed by atoms with Gasteiger partial charge in [-0.25, -0.2) is 9.98 Å². The Hall–Kier alpha value is -3.14. The molecule has 2 aromatic rings. The molecule has 0 spiro atoms. The maximum Gasteiger partial charge on any atom is 0.455 e. The van der Waals surface area contributed by atoms with E-state index in [4.69, 9.17) is 16.9 Å². The number of hydrogen-bond donors (Lipinski definition) is 0. The molecular formula is C15H9ClF6N6O. The van der Waals surface area contributed by atoms with Gasteiger partial charge in [0.05, 0.1) is 16.9 Å². The molecule has 0 saturated carbocycles. The largest absolute Gasteiger partial charge is 0.455 e. The number of carbonyl (C=O) groups excluding carboxylic acids is 1. The Morgan fingerprint density at radius 1 is 1.31 bits per heavy atom. The summed E-state index contributed by atoms with van der Waals surface area (Å²) in [5.74, 6) is -3.73. The molecular weight excluding hydrogens is 430 g/mol. The fourth-order valence-corrected chi connectivity index (χ4v) is 2.26. The first kappa shape index (κ1) is 22.2. The fraction of sp³-hybridized carbons (Fsp3) is 0.267. The highest BCUT2D eigenvalue weighted by molar-refractivity contribution is 6.32. The maximum atomic E-state index is 13.0. The number of aliphatic imine (C=N–C) groups is 1. The third-order valence-corrected chi connectivity index (χ3v) is 3.49. The minimum absolute atomic E-state index is 0.375. The van der Waals surface area contributed by atoms with Gasteiger partial charge in [0.15, 0.2) is 17.3 Å². The summed E-state index contributed by atoms with van der Waals surface area (Å²) in [4.78, 5) is 20.3. The number of hydrogen-bond acceptors (Lipinski definition) is 5. The predicted molar refractivity (Wildman–Crippen MR) is 88.3 cm³/mol. The van der Waals surface area contributed by atoms with Crippen LogP contribution in [-0.2, 0) is 6.18 Å². The average Bonchev–Trinajstić information content (AvgIpc) is 2.95. The summed E-state index contributed by atoms with van der Waals surface area (Å²) in [5.41, 5.74) is -3.35. The summed E-state index contributed by atoms with van der Waals surface area (Å²) in [6, 6.07) is 1.81. The van der Waals surface area contributed by atoms with Crippen molar-refractivity contribution in [1.29, 1.82) is 5.26 Å². The van der Waals surface area contributed by atoms with Crippen LogP contribution in [0, 0.1) is 11.3 Å². The number of rotatable bonds is 4. The lowest BCUT2D eigenvalue weighted by Gasteiger charge is -2.11. The summed E-state index contributed by atoms with van der Waals surface area (Å²) >= 11 is 5.80. The van der Waals surface area contributed by atoms with Crippen LogP contribution in [0.4, 0.5) is 32.2 Å². The Morgan fingerprint density at radius 3 is 2.38 bits per heavy atom. The molecule has 29 heavy (non-hydrogen) atoms. The normalized spacial score (nSPS) is 12.3. The molecule has 0 saturated heterocycles. The van der Waals surface area contributed by atoms with Gasteiger partial charge < -0.3 is 4.90 Å². The second-order valence-electron chi connectivity index (χ2n) is 5.63. The van der Waals surface area contributed by atoms with Gasteiger partial charge in [-0.3, -0.25) is 4.79 Å². The molecule has 0 bridgehead atoms. The molecule has 0 unspecified atom stereocenters. The second kappa shape index (κ2) is 7.70. The lowest BCUT2D eigenvalue weighted by Crippen LogP contribution is -2.23. The number of nitrogens with zero attached hydrogens (tertiary/aromatic N) is 6. The van der Waals surface area contributed by atoms with Crippen LogP contribution in [-0.4, -0.2) is 52.1 Å². The molecule has 7 nitrogen and oxygen atoms in total. The smallest absolute Gasteiger partial charge is 0.369 e. The van der Waals surface area contributed by atoms with Gasteiger partial charge in [-0.05, 0) is 6.07 Å². The summed E-state index contributed by atoms with van der Waals surface area (Å²) in [5, 5.41) is 12.0. The minimum atomic E-state index is -5.36. The summed E-state index contributed by atoms with van der Waals surface area (Å²) < 4.78 is 77.8. The zero-order valence-corrected chi connectivity index (χ0v) is 15.2. The van der Waals surface area contributed by atoms with Crippen molar-refractivity contribution in [1.82, 2.24) is 19.7 Å². The average molecular weight is 439 g/mol. The Bertz CT molecular complexity index is 1020. The van der Waals surface area contributed by atoms with E-state index in [1.165, 1.54) is 25.1 Å². The Balaban J connectivity index is 2.81. The number of Topliss-reactive ketones (excluding diaryl/α,β-unsaturated/α-hetero) is 1. The Kier molecular flexibility index (Phi) is 5.89. The second-order valence-corrected chi connectivity index (χ2v) is 6.04. The van der Waals surface area contributed by atoms with Crippen molar-refractivity contribution in [3.05, 3.63) is 34.1 Å². The molecule has 154 valence electrons. The van der Waals surface area contributed by atoms with E-state index in [0.29, 0.717) is 16.9 Å². The third kappa shape index (κ3) is 4.65. The van der Waals surface area contributed by atoms with Crippen LogP contribution in [0.2, 0.25) is 5.02 Å². The van der Waals surface area contributed by atoms with Crippen LogP contribution in [0.25, 0.3) is 5.82 Å². The molecule has 2 heterocycles. The van der Waals surface area contributed by atoms with Crippen molar-refractivity contribution >= 4 is 29.5 Å². The van der Waals surface area contributed by atoms with Gasteiger partial charge >= 0.3 is 12.4 Å². The topological polar surface area (TPSA) is 87.2 Å². The van der Waals surface area contributed by atoms with Crippen molar-refractivity contribution in [2.45, 2.75) is 12.4 Å². The lowest BCUT2D eigenvalue weighted by atomic mass is 10.1. The summed E-state index contributed by atoms with van der Waals surface area (Å²) in [6.07, 6.45) is -8.76. The molecule has 0 fully saturated rings. The van der Waals surface area contributed by atoms with Crippen molar-refractivity contribution in [2.24, 2.45) is 4.99 Å². The van der Waals surface area contributed by atoms with Crippen LogP contribution in [0.5, 0.6) is 0 Å². The highest BCUT2D eigenvalue weighted by atomic mass is 35.5. The van der Waals surface area contributed by atoms with Crippen molar-refractivity contribution in [3.8, 4) is 11.9 Å². The van der Waals surface area contributed by atoms with Crippen LogP contribution >= 0.6 is 11.6 Å². The Morgan fingerprint density at radius 2 is 1.93 bits per heavy atom. The van der Waals surface area contributed by atoms with Crippen LogP contribution < -0.4 is 0 Å². The van der Waals surface area contributed by atoms with Gasteiger partial charge in [0.25, 0.3) is 5.78 Å². The van der Waals surface area contributed by atoms with E-state index >= 15 is 0 Å². The van der Waals surface area contributed by atoms with Crippen molar-refractivity contribution in [3.63, 3.8) is 0 Å². The lowest BCUT2D eigenvalue weighted by molar-refractivity contribution is -0.137. The molecule has 0 aliphatic heterocycles. The van der Waals surface area contributed by atoms with Crippen LogP contribution in [0.3, 0.4) is 0 Å².